The minimum Gasteiger partial charge on any atom is -0.258 e. The van der Waals surface area contributed by atoms with Crippen LogP contribution in [0.25, 0.3) is 0 Å². The van der Waals surface area contributed by atoms with Crippen molar-refractivity contribution in [3.05, 3.63) is 20.5 Å². The number of halogens is 3. The molecule has 11 heteroatoms. The van der Waals surface area contributed by atoms with E-state index in [0.29, 0.717) is 15.6 Å². The van der Waals surface area contributed by atoms with Gasteiger partial charge < -0.3 is 0 Å². The van der Waals surface area contributed by atoms with Crippen LogP contribution < -0.4 is 0 Å². The molecule has 0 spiro atoms. The van der Waals surface area contributed by atoms with Crippen LogP contribution in [-0.4, -0.2) is 37.7 Å². The highest BCUT2D eigenvalue weighted by Gasteiger charge is 2.29. The summed E-state index contributed by atoms with van der Waals surface area (Å²) in [5.74, 6) is 0. The fourth-order valence-corrected chi connectivity index (χ4v) is 4.06. The second-order valence-corrected chi connectivity index (χ2v) is 7.08. The van der Waals surface area contributed by atoms with E-state index in [4.69, 9.17) is 11.6 Å². The Bertz CT molecular complexity index is 560. The first kappa shape index (κ1) is 15.2. The van der Waals surface area contributed by atoms with Crippen LogP contribution >= 0.6 is 22.9 Å². The summed E-state index contributed by atoms with van der Waals surface area (Å²) < 4.78 is 47.4. The Morgan fingerprint density at radius 3 is 2.56 bits per heavy atom. The third-order valence-electron chi connectivity index (χ3n) is 1.90. The Balaban J connectivity index is 3.13. The van der Waals surface area contributed by atoms with Gasteiger partial charge in [-0.3, -0.25) is 10.1 Å². The third kappa shape index (κ3) is 3.13. The summed E-state index contributed by atoms with van der Waals surface area (Å²) in [5.41, 5.74) is -0.564. The molecule has 1 aromatic rings. The lowest BCUT2D eigenvalue weighted by atomic mass is 10.6. The van der Waals surface area contributed by atoms with Gasteiger partial charge in [0, 0.05) is 13.1 Å². The molecule has 1 heterocycles. The Labute approximate surface area is 110 Å². The lowest BCUT2D eigenvalue weighted by molar-refractivity contribution is -0.384. The molecule has 0 radical (unpaired) electrons. The molecule has 0 bridgehead atoms. The normalized spacial score (nSPS) is 12.3. The Morgan fingerprint density at radius 2 is 2.17 bits per heavy atom. The summed E-state index contributed by atoms with van der Waals surface area (Å²) >= 11 is 5.96. The SMILES string of the molecule is CN(CC(F)F)S(=O)(=O)c1cc([N+](=O)[O-])c(Cl)s1. The lowest BCUT2D eigenvalue weighted by Gasteiger charge is -2.14. The summed E-state index contributed by atoms with van der Waals surface area (Å²) in [7, 11) is -3.23. The second-order valence-electron chi connectivity index (χ2n) is 3.16. The highest BCUT2D eigenvalue weighted by Crippen LogP contribution is 2.37. The van der Waals surface area contributed by atoms with Crippen molar-refractivity contribution in [2.45, 2.75) is 10.6 Å². The molecular formula is C7H7ClF2N2O4S2. The molecule has 0 N–H and O–H groups in total. The minimum absolute atomic E-state index is 0.316. The Kier molecular flexibility index (Phi) is 4.59. The fourth-order valence-electron chi connectivity index (χ4n) is 1.04. The maximum Gasteiger partial charge on any atom is 0.300 e. The maximum atomic E-state index is 12.1. The van der Waals surface area contributed by atoms with Crippen LogP contribution in [0.1, 0.15) is 0 Å². The van der Waals surface area contributed by atoms with E-state index < -0.39 is 37.8 Å². The quantitative estimate of drug-likeness (QED) is 0.615. The van der Waals surface area contributed by atoms with Crippen LogP contribution in [0.15, 0.2) is 10.3 Å². The van der Waals surface area contributed by atoms with Crippen LogP contribution in [0.5, 0.6) is 0 Å². The number of thiophene rings is 1. The van der Waals surface area contributed by atoms with Gasteiger partial charge in [-0.2, -0.15) is 4.31 Å². The third-order valence-corrected chi connectivity index (χ3v) is 5.51. The average Bonchev–Trinajstić information content (AvgIpc) is 2.59. The summed E-state index contributed by atoms with van der Waals surface area (Å²) in [6.45, 7) is -0.994. The molecule has 0 aliphatic carbocycles. The van der Waals surface area contributed by atoms with Gasteiger partial charge in [-0.15, -0.1) is 11.3 Å². The molecule has 1 aromatic heterocycles. The van der Waals surface area contributed by atoms with E-state index in [1.54, 1.807) is 0 Å². The highest BCUT2D eigenvalue weighted by molar-refractivity contribution is 7.91. The van der Waals surface area contributed by atoms with Gasteiger partial charge >= 0.3 is 0 Å². The topological polar surface area (TPSA) is 80.5 Å². The van der Waals surface area contributed by atoms with E-state index in [2.05, 4.69) is 0 Å². The van der Waals surface area contributed by atoms with E-state index in [1.807, 2.05) is 0 Å². The zero-order chi connectivity index (χ0) is 14.1. The van der Waals surface area contributed by atoms with Crippen molar-refractivity contribution in [1.29, 1.82) is 0 Å². The molecule has 0 unspecified atom stereocenters. The van der Waals surface area contributed by atoms with Crippen molar-refractivity contribution in [3.8, 4) is 0 Å². The van der Waals surface area contributed by atoms with E-state index >= 15 is 0 Å². The lowest BCUT2D eigenvalue weighted by Crippen LogP contribution is -2.30. The second kappa shape index (κ2) is 5.43. The first-order valence-corrected chi connectivity index (χ1v) is 6.98. The van der Waals surface area contributed by atoms with Crippen molar-refractivity contribution in [2.24, 2.45) is 0 Å². The molecule has 0 saturated carbocycles. The molecule has 18 heavy (non-hydrogen) atoms. The minimum atomic E-state index is -4.19. The van der Waals surface area contributed by atoms with E-state index in [9.17, 15) is 27.3 Å². The molecule has 0 aliphatic rings. The Hall–Kier alpha value is -0.840. The summed E-state index contributed by atoms with van der Waals surface area (Å²) in [5, 5.41) is 10.5. The molecule has 0 amide bonds. The number of hydrogen-bond acceptors (Lipinski definition) is 5. The van der Waals surface area contributed by atoms with Gasteiger partial charge in [0.25, 0.3) is 22.1 Å². The number of nitro groups is 1. The van der Waals surface area contributed by atoms with Crippen molar-refractivity contribution in [1.82, 2.24) is 4.31 Å². The summed E-state index contributed by atoms with van der Waals surface area (Å²) in [6.07, 6.45) is -2.84. The van der Waals surface area contributed by atoms with Crippen LogP contribution in [0, 0.1) is 10.1 Å². The monoisotopic (exact) mass is 320 g/mol. The van der Waals surface area contributed by atoms with Gasteiger partial charge in [-0.05, 0) is 0 Å². The number of sulfonamides is 1. The van der Waals surface area contributed by atoms with E-state index in [-0.39, 0.29) is 4.34 Å². The summed E-state index contributed by atoms with van der Waals surface area (Å²) in [6, 6.07) is 0.754. The fraction of sp³-hybridized carbons (Fsp3) is 0.429. The first-order chi connectivity index (χ1) is 8.16. The number of nitrogens with zero attached hydrogens (tertiary/aromatic N) is 2. The van der Waals surface area contributed by atoms with Crippen molar-refractivity contribution in [3.63, 3.8) is 0 Å². The standard InChI is InChI=1S/C7H7ClF2N2O4S2/c1-11(3-5(9)10)18(15,16)6-2-4(12(13)14)7(8)17-6/h2,5H,3H2,1H3. The van der Waals surface area contributed by atoms with Gasteiger partial charge in [0.2, 0.25) is 0 Å². The number of rotatable bonds is 5. The molecule has 0 saturated heterocycles. The predicted molar refractivity (Wildman–Crippen MR) is 61.8 cm³/mol. The first-order valence-electron chi connectivity index (χ1n) is 4.34. The van der Waals surface area contributed by atoms with Gasteiger partial charge in [0.15, 0.2) is 4.34 Å². The molecule has 102 valence electrons. The zero-order valence-corrected chi connectivity index (χ0v) is 11.2. The molecule has 6 nitrogen and oxygen atoms in total. The predicted octanol–water partition coefficient (Wildman–Crippen LogP) is 2.20. The largest absolute Gasteiger partial charge is 0.300 e. The van der Waals surface area contributed by atoms with Crippen molar-refractivity contribution >= 4 is 38.6 Å². The van der Waals surface area contributed by atoms with Crippen LogP contribution in [0.4, 0.5) is 14.5 Å². The van der Waals surface area contributed by atoms with Gasteiger partial charge in [0.1, 0.15) is 4.21 Å². The molecule has 0 fully saturated rings. The smallest absolute Gasteiger partial charge is 0.258 e. The molecular weight excluding hydrogens is 314 g/mol. The van der Waals surface area contributed by atoms with Gasteiger partial charge in [-0.25, -0.2) is 17.2 Å². The summed E-state index contributed by atoms with van der Waals surface area (Å²) in [4.78, 5) is 9.67. The number of hydrogen-bond donors (Lipinski definition) is 0. The molecule has 0 atom stereocenters. The van der Waals surface area contributed by atoms with Gasteiger partial charge in [-0.1, -0.05) is 11.6 Å². The molecule has 1 rings (SSSR count). The van der Waals surface area contributed by atoms with Crippen LogP contribution in [-0.2, 0) is 10.0 Å². The van der Waals surface area contributed by atoms with Crippen molar-refractivity contribution < 1.29 is 22.1 Å². The van der Waals surface area contributed by atoms with Crippen LogP contribution in [0.2, 0.25) is 4.34 Å². The van der Waals surface area contributed by atoms with E-state index in [1.165, 1.54) is 0 Å². The number of alkyl halides is 2. The maximum absolute atomic E-state index is 12.1. The zero-order valence-electron chi connectivity index (χ0n) is 8.84. The molecule has 0 aliphatic heterocycles. The molecule has 0 aromatic carbocycles. The average molecular weight is 321 g/mol. The van der Waals surface area contributed by atoms with Gasteiger partial charge in [0.05, 0.1) is 11.5 Å². The van der Waals surface area contributed by atoms with Crippen LogP contribution in [0.3, 0.4) is 0 Å². The van der Waals surface area contributed by atoms with Crippen molar-refractivity contribution in [2.75, 3.05) is 13.6 Å². The highest BCUT2D eigenvalue weighted by atomic mass is 35.5. The Morgan fingerprint density at radius 1 is 1.61 bits per heavy atom. The van der Waals surface area contributed by atoms with E-state index in [0.717, 1.165) is 13.1 Å².